The van der Waals surface area contributed by atoms with E-state index in [0.29, 0.717) is 23.1 Å². The number of hydrogen-bond donors (Lipinski definition) is 1. The van der Waals surface area contributed by atoms with E-state index in [4.69, 9.17) is 11.6 Å². The molecule has 0 spiro atoms. The number of pyridine rings is 1. The molecule has 0 atom stereocenters. The summed E-state index contributed by atoms with van der Waals surface area (Å²) in [6.45, 7) is 4.58. The quantitative estimate of drug-likeness (QED) is 0.491. The zero-order chi connectivity index (χ0) is 21.1. The third-order valence-corrected chi connectivity index (χ3v) is 5.30. The number of nitrogens with one attached hydrogen (secondary N) is 1. The first-order valence-electron chi connectivity index (χ1n) is 9.90. The highest BCUT2D eigenvalue weighted by Crippen LogP contribution is 2.25. The van der Waals surface area contributed by atoms with E-state index in [2.05, 4.69) is 39.5 Å². The van der Waals surface area contributed by atoms with Gasteiger partial charge in [0.25, 0.3) is 0 Å². The van der Waals surface area contributed by atoms with Gasteiger partial charge in [0.15, 0.2) is 0 Å². The molecule has 0 saturated heterocycles. The standard InChI is InChI=1S/C21H22ClN7O/c1-3-6-16-13-29(19-15(4-2)7-5-8-17(19)22)21(30)28(16)12-14-9-10-18(23-11-14)20-24-26-27-25-20/h5,7-11,13H,3-4,6,12H2,1-2H3,(H,24,25,26,27). The molecule has 3 aromatic heterocycles. The highest BCUT2D eigenvalue weighted by molar-refractivity contribution is 6.32. The Kier molecular flexibility index (Phi) is 5.76. The van der Waals surface area contributed by atoms with E-state index in [1.165, 1.54) is 0 Å². The Bertz CT molecular complexity index is 1190. The first-order valence-corrected chi connectivity index (χ1v) is 10.3. The zero-order valence-electron chi connectivity index (χ0n) is 16.8. The molecule has 0 aliphatic heterocycles. The molecule has 0 bridgehead atoms. The van der Waals surface area contributed by atoms with Crippen LogP contribution in [0.1, 0.15) is 37.1 Å². The van der Waals surface area contributed by atoms with Crippen LogP contribution in [-0.2, 0) is 19.4 Å². The molecule has 9 heteroatoms. The number of aromatic nitrogens is 7. The van der Waals surface area contributed by atoms with Crippen LogP contribution in [0.15, 0.2) is 47.5 Å². The average Bonchev–Trinajstić information content (AvgIpc) is 3.39. The molecule has 0 amide bonds. The first kappa shape index (κ1) is 20.0. The van der Waals surface area contributed by atoms with Gasteiger partial charge in [0, 0.05) is 18.1 Å². The summed E-state index contributed by atoms with van der Waals surface area (Å²) < 4.78 is 3.46. The van der Waals surface area contributed by atoms with Crippen LogP contribution in [0.3, 0.4) is 0 Å². The van der Waals surface area contributed by atoms with Crippen molar-refractivity contribution in [3.8, 4) is 17.2 Å². The molecule has 4 aromatic rings. The van der Waals surface area contributed by atoms with Crippen molar-refractivity contribution in [3.05, 3.63) is 75.1 Å². The van der Waals surface area contributed by atoms with Gasteiger partial charge in [-0.25, -0.2) is 4.79 Å². The summed E-state index contributed by atoms with van der Waals surface area (Å²) >= 11 is 6.48. The molecule has 30 heavy (non-hydrogen) atoms. The molecule has 1 N–H and O–H groups in total. The smallest absolute Gasteiger partial charge is 0.292 e. The Morgan fingerprint density at radius 3 is 2.70 bits per heavy atom. The van der Waals surface area contributed by atoms with Gasteiger partial charge in [-0.15, -0.1) is 10.2 Å². The van der Waals surface area contributed by atoms with Crippen molar-refractivity contribution in [1.82, 2.24) is 34.7 Å². The number of tetrazole rings is 1. The predicted molar refractivity (Wildman–Crippen MR) is 115 cm³/mol. The van der Waals surface area contributed by atoms with Crippen LogP contribution >= 0.6 is 11.6 Å². The van der Waals surface area contributed by atoms with E-state index in [0.717, 1.165) is 41.8 Å². The maximum atomic E-state index is 13.4. The fraction of sp³-hybridized carbons (Fsp3) is 0.286. The molecule has 1 aromatic carbocycles. The lowest BCUT2D eigenvalue weighted by Crippen LogP contribution is -2.25. The third-order valence-electron chi connectivity index (χ3n) is 5.00. The lowest BCUT2D eigenvalue weighted by Gasteiger charge is -2.10. The second-order valence-corrected chi connectivity index (χ2v) is 7.40. The molecule has 0 unspecified atom stereocenters. The Morgan fingerprint density at radius 2 is 2.03 bits per heavy atom. The molecule has 3 heterocycles. The Morgan fingerprint density at radius 1 is 1.17 bits per heavy atom. The van der Waals surface area contributed by atoms with E-state index < -0.39 is 0 Å². The van der Waals surface area contributed by atoms with Crippen molar-refractivity contribution >= 4 is 11.6 Å². The fourth-order valence-corrected chi connectivity index (χ4v) is 3.82. The van der Waals surface area contributed by atoms with Gasteiger partial charge in [-0.2, -0.15) is 5.21 Å². The number of halogens is 1. The van der Waals surface area contributed by atoms with E-state index in [1.54, 1.807) is 15.3 Å². The van der Waals surface area contributed by atoms with Crippen molar-refractivity contribution in [2.45, 2.75) is 39.7 Å². The number of H-pyrrole nitrogens is 1. The first-order chi connectivity index (χ1) is 14.6. The van der Waals surface area contributed by atoms with Crippen molar-refractivity contribution < 1.29 is 0 Å². The molecule has 0 saturated carbocycles. The molecule has 0 aliphatic carbocycles. The van der Waals surface area contributed by atoms with Gasteiger partial charge in [0.1, 0.15) is 5.69 Å². The summed E-state index contributed by atoms with van der Waals surface area (Å²) in [5.41, 5.74) is 4.18. The minimum atomic E-state index is -0.108. The van der Waals surface area contributed by atoms with Crippen LogP contribution < -0.4 is 5.69 Å². The van der Waals surface area contributed by atoms with Gasteiger partial charge in [-0.1, -0.05) is 50.1 Å². The number of aryl methyl sites for hydroxylation is 2. The lowest BCUT2D eigenvalue weighted by atomic mass is 10.1. The van der Waals surface area contributed by atoms with Crippen LogP contribution in [0.2, 0.25) is 5.02 Å². The Balaban J connectivity index is 1.73. The SMILES string of the molecule is CCCc1cn(-c2c(Cl)cccc2CC)c(=O)n1Cc1ccc(-c2nn[nH]n2)nc1. The molecular formula is C21H22ClN7O. The van der Waals surface area contributed by atoms with Gasteiger partial charge in [-0.05, 0) is 41.3 Å². The number of benzene rings is 1. The maximum absolute atomic E-state index is 13.4. The molecule has 4 rings (SSSR count). The normalized spacial score (nSPS) is 11.2. The lowest BCUT2D eigenvalue weighted by molar-refractivity contribution is 0.689. The molecule has 0 radical (unpaired) electrons. The second-order valence-electron chi connectivity index (χ2n) is 7.00. The number of hydrogen-bond acceptors (Lipinski definition) is 5. The van der Waals surface area contributed by atoms with Crippen LogP contribution in [0.4, 0.5) is 0 Å². The topological polar surface area (TPSA) is 94.3 Å². The van der Waals surface area contributed by atoms with E-state index >= 15 is 0 Å². The average molecular weight is 424 g/mol. The highest BCUT2D eigenvalue weighted by Gasteiger charge is 2.17. The van der Waals surface area contributed by atoms with Crippen LogP contribution in [0, 0.1) is 0 Å². The van der Waals surface area contributed by atoms with Crippen LogP contribution in [0.5, 0.6) is 0 Å². The van der Waals surface area contributed by atoms with Gasteiger partial charge in [-0.3, -0.25) is 14.1 Å². The van der Waals surface area contributed by atoms with E-state index in [1.807, 2.05) is 36.5 Å². The number of rotatable bonds is 7. The number of imidazole rings is 1. The number of para-hydroxylation sites is 1. The number of nitrogens with zero attached hydrogens (tertiary/aromatic N) is 6. The highest BCUT2D eigenvalue weighted by atomic mass is 35.5. The predicted octanol–water partition coefficient (Wildman–Crippen LogP) is 3.43. The maximum Gasteiger partial charge on any atom is 0.333 e. The summed E-state index contributed by atoms with van der Waals surface area (Å²) in [7, 11) is 0. The third kappa shape index (κ3) is 3.78. The van der Waals surface area contributed by atoms with Gasteiger partial charge in [0.2, 0.25) is 5.82 Å². The largest absolute Gasteiger partial charge is 0.333 e. The van der Waals surface area contributed by atoms with Crippen molar-refractivity contribution in [3.63, 3.8) is 0 Å². The molecular weight excluding hydrogens is 402 g/mol. The minimum Gasteiger partial charge on any atom is -0.292 e. The molecule has 8 nitrogen and oxygen atoms in total. The molecule has 154 valence electrons. The summed E-state index contributed by atoms with van der Waals surface area (Å²) in [6.07, 6.45) is 6.16. The zero-order valence-corrected chi connectivity index (χ0v) is 17.6. The second kappa shape index (κ2) is 8.62. The number of aromatic amines is 1. The van der Waals surface area contributed by atoms with E-state index in [-0.39, 0.29) is 5.69 Å². The summed E-state index contributed by atoms with van der Waals surface area (Å²) in [5, 5.41) is 14.4. The van der Waals surface area contributed by atoms with Crippen molar-refractivity contribution in [2.75, 3.05) is 0 Å². The van der Waals surface area contributed by atoms with Crippen molar-refractivity contribution in [2.24, 2.45) is 0 Å². The minimum absolute atomic E-state index is 0.108. The summed E-state index contributed by atoms with van der Waals surface area (Å²) in [5.74, 6) is 0.433. The van der Waals surface area contributed by atoms with Gasteiger partial charge in [0.05, 0.1) is 17.3 Å². The van der Waals surface area contributed by atoms with Crippen LogP contribution in [-0.4, -0.2) is 34.7 Å². The van der Waals surface area contributed by atoms with E-state index in [9.17, 15) is 4.79 Å². The monoisotopic (exact) mass is 423 g/mol. The van der Waals surface area contributed by atoms with Crippen LogP contribution in [0.25, 0.3) is 17.2 Å². The van der Waals surface area contributed by atoms with Gasteiger partial charge < -0.3 is 0 Å². The Hall–Kier alpha value is -3.26. The summed E-state index contributed by atoms with van der Waals surface area (Å²) in [4.78, 5) is 17.8. The molecule has 0 aliphatic rings. The Labute approximate surface area is 178 Å². The van der Waals surface area contributed by atoms with Gasteiger partial charge >= 0.3 is 5.69 Å². The fourth-order valence-electron chi connectivity index (χ4n) is 3.53. The van der Waals surface area contributed by atoms with Crippen molar-refractivity contribution in [1.29, 1.82) is 0 Å². The summed E-state index contributed by atoms with van der Waals surface area (Å²) in [6, 6.07) is 9.48. The molecule has 0 fully saturated rings.